The van der Waals surface area contributed by atoms with E-state index in [1.54, 1.807) is 0 Å². The smallest absolute Gasteiger partial charge is 0.307 e. The summed E-state index contributed by atoms with van der Waals surface area (Å²) in [5.41, 5.74) is 5.17. The van der Waals surface area contributed by atoms with Crippen LogP contribution in [0.15, 0.2) is 35.5 Å². The van der Waals surface area contributed by atoms with Crippen LogP contribution in [0.1, 0.15) is 112 Å². The van der Waals surface area contributed by atoms with Gasteiger partial charge in [0.25, 0.3) is 0 Å². The van der Waals surface area contributed by atoms with Crippen LogP contribution in [0.4, 0.5) is 0 Å². The van der Waals surface area contributed by atoms with E-state index in [2.05, 4.69) is 70.5 Å². The summed E-state index contributed by atoms with van der Waals surface area (Å²) in [7, 11) is -2.86. The first-order valence-corrected chi connectivity index (χ1v) is 21.3. The summed E-state index contributed by atoms with van der Waals surface area (Å²) in [4.78, 5) is 14.2. The van der Waals surface area contributed by atoms with Crippen molar-refractivity contribution in [3.63, 3.8) is 0 Å². The predicted octanol–water partition coefficient (Wildman–Crippen LogP) is 7.67. The summed E-state index contributed by atoms with van der Waals surface area (Å²) in [6, 6.07) is 0. The Hall–Kier alpha value is -1.44. The maximum atomic E-state index is 12.0. The van der Waals surface area contributed by atoms with Crippen molar-refractivity contribution in [3.05, 3.63) is 35.5 Å². The van der Waals surface area contributed by atoms with Gasteiger partial charge in [0.15, 0.2) is 9.84 Å². The van der Waals surface area contributed by atoms with Gasteiger partial charge in [-0.15, -0.1) is 0 Å². The SMILES string of the molecule is C=C(C)[C@@H]1CC[C@]2(NCCN3CCS(=O)(=O)CC3)CC[C@]3(C)[C@H](CC[C@@H]4[C@@]5(C)CC=C(C6=CCC(C(=O)O)C6)C(C)(C)[C@@H]5CC[C@]43C)[C@@H]12. The maximum absolute atomic E-state index is 12.0. The molecule has 4 saturated carbocycles. The zero-order valence-electron chi connectivity index (χ0n) is 30.9. The van der Waals surface area contributed by atoms with Gasteiger partial charge in [0.05, 0.1) is 17.4 Å². The number of nitrogens with one attached hydrogen (secondary N) is 1. The van der Waals surface area contributed by atoms with Crippen molar-refractivity contribution in [2.75, 3.05) is 37.7 Å². The average molecular weight is 681 g/mol. The third-order valence-corrected chi connectivity index (χ3v) is 18.4. The number of fused-ring (bicyclic) bond motifs is 7. The fraction of sp³-hybridized carbons (Fsp3) is 0.829. The fourth-order valence-electron chi connectivity index (χ4n) is 14.2. The van der Waals surface area contributed by atoms with Gasteiger partial charge < -0.3 is 15.3 Å². The zero-order valence-corrected chi connectivity index (χ0v) is 31.7. The van der Waals surface area contributed by atoms with Crippen LogP contribution < -0.4 is 5.32 Å². The molecule has 268 valence electrons. The summed E-state index contributed by atoms with van der Waals surface area (Å²) in [6.45, 7) is 23.1. The number of carboxylic acid groups (broad SMARTS) is 1. The van der Waals surface area contributed by atoms with Crippen LogP contribution >= 0.6 is 0 Å². The van der Waals surface area contributed by atoms with Crippen molar-refractivity contribution < 1.29 is 18.3 Å². The van der Waals surface area contributed by atoms with Crippen molar-refractivity contribution in [1.29, 1.82) is 0 Å². The van der Waals surface area contributed by atoms with Crippen molar-refractivity contribution in [2.45, 2.75) is 118 Å². The molecule has 1 saturated heterocycles. The van der Waals surface area contributed by atoms with Crippen LogP contribution in [-0.2, 0) is 14.6 Å². The van der Waals surface area contributed by atoms with Crippen molar-refractivity contribution in [3.8, 4) is 0 Å². The second-order valence-electron chi connectivity index (χ2n) is 19.0. The van der Waals surface area contributed by atoms with E-state index in [-0.39, 0.29) is 33.1 Å². The van der Waals surface area contributed by atoms with E-state index < -0.39 is 15.8 Å². The molecule has 6 nitrogen and oxygen atoms in total. The quantitative estimate of drug-likeness (QED) is 0.269. The standard InChI is InChI=1S/C41H64N2O4S/c1-27(2)30-12-17-41(42-20-21-43-22-24-48(46,47)25-23-43)19-18-39(6)32(35(30)41)10-11-34-38(5)15-13-31(28-8-9-29(26-28)36(44)45)37(3,4)33(38)14-16-40(34,39)7/h8,13,29-30,32-35,42H,1,9-12,14-26H2,2-7H3,(H,44,45)/t29?,30-,32+,33-,34+,35+,38-,39+,40+,41-/m0/s1. The topological polar surface area (TPSA) is 86.7 Å². The summed E-state index contributed by atoms with van der Waals surface area (Å²) in [5, 5.41) is 13.9. The molecule has 1 heterocycles. The molecule has 0 amide bonds. The normalized spacial score (nSPS) is 46.4. The Balaban J connectivity index is 1.13. The molecule has 7 aliphatic rings. The van der Waals surface area contributed by atoms with Crippen LogP contribution in [0, 0.1) is 57.2 Å². The molecule has 0 spiro atoms. The lowest BCUT2D eigenvalue weighted by Gasteiger charge is -2.72. The number of aliphatic carboxylic acids is 1. The van der Waals surface area contributed by atoms with Crippen molar-refractivity contribution in [2.24, 2.45) is 57.2 Å². The Morgan fingerprint density at radius 3 is 2.35 bits per heavy atom. The third kappa shape index (κ3) is 5.20. The molecule has 7 rings (SSSR count). The van der Waals surface area contributed by atoms with E-state index in [0.29, 0.717) is 67.0 Å². The molecular formula is C41H64N2O4S. The molecule has 0 aromatic heterocycles. The Kier molecular flexibility index (Phi) is 8.60. The Bertz CT molecular complexity index is 1500. The molecular weight excluding hydrogens is 617 g/mol. The Morgan fingerprint density at radius 2 is 1.69 bits per heavy atom. The number of carbonyl (C=O) groups is 1. The average Bonchev–Trinajstić information content (AvgIpc) is 3.64. The van der Waals surface area contributed by atoms with Gasteiger partial charge in [0.2, 0.25) is 0 Å². The molecule has 0 aromatic carbocycles. The largest absolute Gasteiger partial charge is 0.481 e. The maximum Gasteiger partial charge on any atom is 0.307 e. The first-order chi connectivity index (χ1) is 22.5. The molecule has 1 aliphatic heterocycles. The molecule has 10 atom stereocenters. The van der Waals surface area contributed by atoms with Crippen LogP contribution in [0.25, 0.3) is 0 Å². The molecule has 1 unspecified atom stereocenters. The lowest BCUT2D eigenvalue weighted by atomic mass is 9.33. The number of carboxylic acids is 1. The molecule has 0 aromatic rings. The van der Waals surface area contributed by atoms with Crippen LogP contribution in [0.2, 0.25) is 0 Å². The lowest BCUT2D eigenvalue weighted by molar-refractivity contribution is -0.221. The van der Waals surface area contributed by atoms with Gasteiger partial charge in [-0.1, -0.05) is 58.9 Å². The van der Waals surface area contributed by atoms with E-state index in [1.807, 2.05) is 0 Å². The van der Waals surface area contributed by atoms with E-state index in [4.69, 9.17) is 0 Å². The minimum atomic E-state index is -2.86. The highest BCUT2D eigenvalue weighted by atomic mass is 32.2. The van der Waals surface area contributed by atoms with Crippen LogP contribution in [0.3, 0.4) is 0 Å². The van der Waals surface area contributed by atoms with Gasteiger partial charge in [-0.25, -0.2) is 8.42 Å². The lowest BCUT2D eigenvalue weighted by Crippen LogP contribution is -2.68. The van der Waals surface area contributed by atoms with Crippen molar-refractivity contribution >= 4 is 15.8 Å². The number of allylic oxidation sites excluding steroid dienone is 5. The predicted molar refractivity (Wildman–Crippen MR) is 194 cm³/mol. The minimum absolute atomic E-state index is 0.0476. The van der Waals surface area contributed by atoms with E-state index in [9.17, 15) is 18.3 Å². The Labute approximate surface area is 291 Å². The molecule has 5 fully saturated rings. The Morgan fingerprint density at radius 1 is 0.958 bits per heavy atom. The first-order valence-electron chi connectivity index (χ1n) is 19.4. The van der Waals surface area contributed by atoms with Gasteiger partial charge in [-0.2, -0.15) is 0 Å². The minimum Gasteiger partial charge on any atom is -0.481 e. The number of sulfone groups is 1. The number of rotatable bonds is 7. The molecule has 7 heteroatoms. The number of hydrogen-bond acceptors (Lipinski definition) is 5. The second-order valence-corrected chi connectivity index (χ2v) is 21.3. The summed E-state index contributed by atoms with van der Waals surface area (Å²) >= 11 is 0. The first kappa shape index (κ1) is 35.0. The van der Waals surface area contributed by atoms with E-state index in [1.165, 1.54) is 68.1 Å². The molecule has 6 aliphatic carbocycles. The number of nitrogens with zero attached hydrogens (tertiary/aromatic N) is 1. The highest BCUT2D eigenvalue weighted by Crippen LogP contribution is 2.76. The van der Waals surface area contributed by atoms with Gasteiger partial charge >= 0.3 is 5.97 Å². The summed E-state index contributed by atoms with van der Waals surface area (Å²) in [6.07, 6.45) is 17.5. The summed E-state index contributed by atoms with van der Waals surface area (Å²) < 4.78 is 24.0. The molecule has 0 radical (unpaired) electrons. The second kappa shape index (κ2) is 11.8. The number of hydrogen-bond donors (Lipinski definition) is 2. The van der Waals surface area contributed by atoms with Gasteiger partial charge in [-0.3, -0.25) is 4.79 Å². The fourth-order valence-corrected chi connectivity index (χ4v) is 15.4. The molecule has 48 heavy (non-hydrogen) atoms. The monoisotopic (exact) mass is 680 g/mol. The van der Waals surface area contributed by atoms with Gasteiger partial charge in [0, 0.05) is 31.7 Å². The van der Waals surface area contributed by atoms with Crippen LogP contribution in [-0.4, -0.2) is 67.6 Å². The van der Waals surface area contributed by atoms with Crippen molar-refractivity contribution in [1.82, 2.24) is 10.2 Å². The molecule has 2 N–H and O–H groups in total. The van der Waals surface area contributed by atoms with Crippen LogP contribution in [0.5, 0.6) is 0 Å². The zero-order chi connectivity index (χ0) is 34.5. The molecule has 0 bridgehead atoms. The third-order valence-electron chi connectivity index (χ3n) is 16.8. The van der Waals surface area contributed by atoms with E-state index >= 15 is 0 Å². The van der Waals surface area contributed by atoms with Gasteiger partial charge in [0.1, 0.15) is 0 Å². The van der Waals surface area contributed by atoms with Gasteiger partial charge in [-0.05, 0) is 140 Å². The highest BCUT2D eigenvalue weighted by Gasteiger charge is 2.70. The van der Waals surface area contributed by atoms with E-state index in [0.717, 1.165) is 19.5 Å². The highest BCUT2D eigenvalue weighted by molar-refractivity contribution is 7.91. The summed E-state index contributed by atoms with van der Waals surface area (Å²) in [5.74, 6) is 2.86.